The van der Waals surface area contributed by atoms with Crippen molar-refractivity contribution in [2.75, 3.05) is 11.9 Å². The fourth-order valence-electron chi connectivity index (χ4n) is 2.84. The Morgan fingerprint density at radius 1 is 1.12 bits per heavy atom. The maximum atomic E-state index is 11.9. The largest absolute Gasteiger partial charge is 0.462 e. The zero-order valence-corrected chi connectivity index (χ0v) is 16.8. The summed E-state index contributed by atoms with van der Waals surface area (Å²) in [5, 5.41) is 7.02. The van der Waals surface area contributed by atoms with Crippen LogP contribution < -0.4 is 10.6 Å². The summed E-state index contributed by atoms with van der Waals surface area (Å²) in [6.07, 6.45) is 0. The van der Waals surface area contributed by atoms with E-state index in [1.165, 1.54) is 16.7 Å². The third-order valence-electron chi connectivity index (χ3n) is 4.24. The number of benzene rings is 2. The lowest BCUT2D eigenvalue weighted by molar-refractivity contribution is 0.0526. The molecular formula is C21H26N2O2S. The fourth-order valence-corrected chi connectivity index (χ4v) is 3.13. The number of carbonyl (C=O) groups is 1. The van der Waals surface area contributed by atoms with E-state index in [9.17, 15) is 4.79 Å². The number of nitrogens with one attached hydrogen (secondary N) is 2. The van der Waals surface area contributed by atoms with Crippen molar-refractivity contribution in [1.82, 2.24) is 5.32 Å². The third-order valence-corrected chi connectivity index (χ3v) is 4.46. The molecule has 2 N–H and O–H groups in total. The summed E-state index contributed by atoms with van der Waals surface area (Å²) in [7, 11) is 0. The third kappa shape index (κ3) is 5.05. The van der Waals surface area contributed by atoms with Crippen LogP contribution in [0.5, 0.6) is 0 Å². The molecule has 2 aromatic carbocycles. The molecule has 0 fully saturated rings. The van der Waals surface area contributed by atoms with E-state index >= 15 is 0 Å². The number of esters is 1. The number of carbonyl (C=O) groups excluding carboxylic acids is 1. The summed E-state index contributed by atoms with van der Waals surface area (Å²) in [6.45, 7) is 10.4. The monoisotopic (exact) mass is 370 g/mol. The van der Waals surface area contributed by atoms with Crippen molar-refractivity contribution in [3.05, 3.63) is 64.2 Å². The first kappa shape index (κ1) is 19.9. The highest BCUT2D eigenvalue weighted by atomic mass is 32.1. The van der Waals surface area contributed by atoms with Gasteiger partial charge in [-0.25, -0.2) is 4.79 Å². The summed E-state index contributed by atoms with van der Waals surface area (Å²) < 4.78 is 5.06. The molecule has 2 aromatic rings. The van der Waals surface area contributed by atoms with Crippen molar-refractivity contribution in [2.45, 2.75) is 40.7 Å². The van der Waals surface area contributed by atoms with Gasteiger partial charge in [0.15, 0.2) is 5.11 Å². The van der Waals surface area contributed by atoms with Gasteiger partial charge in [-0.15, -0.1) is 0 Å². The second-order valence-corrected chi connectivity index (χ2v) is 6.84. The molecule has 0 saturated heterocycles. The van der Waals surface area contributed by atoms with Gasteiger partial charge < -0.3 is 15.4 Å². The first-order valence-electron chi connectivity index (χ1n) is 8.74. The van der Waals surface area contributed by atoms with E-state index in [-0.39, 0.29) is 12.0 Å². The Kier molecular flexibility index (Phi) is 6.75. The molecule has 1 atom stereocenters. The van der Waals surface area contributed by atoms with Crippen LogP contribution in [0.1, 0.15) is 52.5 Å². The van der Waals surface area contributed by atoms with Gasteiger partial charge in [-0.05, 0) is 75.7 Å². The van der Waals surface area contributed by atoms with Crippen LogP contribution in [-0.4, -0.2) is 17.7 Å². The van der Waals surface area contributed by atoms with Crippen LogP contribution in [-0.2, 0) is 4.74 Å². The predicted molar refractivity (Wildman–Crippen MR) is 111 cm³/mol. The lowest BCUT2D eigenvalue weighted by Crippen LogP contribution is -2.31. The van der Waals surface area contributed by atoms with Crippen LogP contribution in [0.25, 0.3) is 0 Å². The van der Waals surface area contributed by atoms with Gasteiger partial charge in [0.05, 0.1) is 18.2 Å². The molecule has 0 aliphatic heterocycles. The van der Waals surface area contributed by atoms with Gasteiger partial charge in [-0.1, -0.05) is 29.8 Å². The molecule has 138 valence electrons. The minimum Gasteiger partial charge on any atom is -0.462 e. The molecule has 26 heavy (non-hydrogen) atoms. The van der Waals surface area contributed by atoms with E-state index in [1.54, 1.807) is 19.1 Å². The maximum absolute atomic E-state index is 11.9. The minimum atomic E-state index is -0.335. The number of ether oxygens (including phenoxy) is 1. The van der Waals surface area contributed by atoms with Crippen molar-refractivity contribution in [3.63, 3.8) is 0 Å². The van der Waals surface area contributed by atoms with Crippen molar-refractivity contribution in [3.8, 4) is 0 Å². The van der Waals surface area contributed by atoms with Gasteiger partial charge in [0.1, 0.15) is 0 Å². The molecule has 0 radical (unpaired) electrons. The topological polar surface area (TPSA) is 50.4 Å². The minimum absolute atomic E-state index is 0.0733. The molecule has 5 heteroatoms. The number of hydrogen-bond acceptors (Lipinski definition) is 3. The van der Waals surface area contributed by atoms with Crippen LogP contribution in [0.2, 0.25) is 0 Å². The number of anilines is 1. The SMILES string of the molecule is CCOC(=O)c1ccc(C)c(NC(=S)N[C@@H](C)c2ccc(C)cc2C)c1. The lowest BCUT2D eigenvalue weighted by Gasteiger charge is -2.20. The Hall–Kier alpha value is -2.40. The Bertz CT molecular complexity index is 818. The van der Waals surface area contributed by atoms with Crippen molar-refractivity contribution < 1.29 is 9.53 Å². The number of aryl methyl sites for hydroxylation is 3. The van der Waals surface area contributed by atoms with E-state index in [4.69, 9.17) is 17.0 Å². The Balaban J connectivity index is 2.09. The molecule has 0 aliphatic carbocycles. The zero-order valence-electron chi connectivity index (χ0n) is 16.0. The molecule has 0 heterocycles. The van der Waals surface area contributed by atoms with Gasteiger partial charge >= 0.3 is 5.97 Å². The summed E-state index contributed by atoms with van der Waals surface area (Å²) >= 11 is 5.46. The smallest absolute Gasteiger partial charge is 0.338 e. The average molecular weight is 371 g/mol. The number of thiocarbonyl (C=S) groups is 1. The molecule has 0 unspecified atom stereocenters. The molecule has 0 spiro atoms. The van der Waals surface area contributed by atoms with Crippen LogP contribution in [0.15, 0.2) is 36.4 Å². The molecule has 0 amide bonds. The quantitative estimate of drug-likeness (QED) is 0.583. The van der Waals surface area contributed by atoms with E-state index in [0.29, 0.717) is 17.3 Å². The lowest BCUT2D eigenvalue weighted by atomic mass is 10.0. The van der Waals surface area contributed by atoms with Gasteiger partial charge in [-0.3, -0.25) is 0 Å². The van der Waals surface area contributed by atoms with E-state index in [1.807, 2.05) is 13.0 Å². The second-order valence-electron chi connectivity index (χ2n) is 6.43. The van der Waals surface area contributed by atoms with Gasteiger partial charge in [-0.2, -0.15) is 0 Å². The Morgan fingerprint density at radius 2 is 1.85 bits per heavy atom. The normalized spacial score (nSPS) is 11.6. The summed E-state index contributed by atoms with van der Waals surface area (Å²) in [5.74, 6) is -0.335. The summed E-state index contributed by atoms with van der Waals surface area (Å²) in [6, 6.07) is 11.9. The van der Waals surface area contributed by atoms with Gasteiger partial charge in [0, 0.05) is 5.69 Å². The van der Waals surface area contributed by atoms with E-state index < -0.39 is 0 Å². The summed E-state index contributed by atoms with van der Waals surface area (Å²) in [5.41, 5.74) is 5.98. The van der Waals surface area contributed by atoms with Crippen LogP contribution in [0.4, 0.5) is 5.69 Å². The molecular weight excluding hydrogens is 344 g/mol. The first-order chi connectivity index (χ1) is 12.3. The highest BCUT2D eigenvalue weighted by Crippen LogP contribution is 2.20. The van der Waals surface area contributed by atoms with Crippen LogP contribution in [0.3, 0.4) is 0 Å². The highest BCUT2D eigenvalue weighted by Gasteiger charge is 2.12. The molecule has 0 aliphatic rings. The Labute approximate surface area is 161 Å². The second kappa shape index (κ2) is 8.81. The molecule has 0 aromatic heterocycles. The van der Waals surface area contributed by atoms with Gasteiger partial charge in [0.25, 0.3) is 0 Å². The molecule has 2 rings (SSSR count). The predicted octanol–water partition coefficient (Wildman–Crippen LogP) is 4.84. The van der Waals surface area contributed by atoms with Gasteiger partial charge in [0.2, 0.25) is 0 Å². The molecule has 0 bridgehead atoms. The van der Waals surface area contributed by atoms with E-state index in [0.717, 1.165) is 11.3 Å². The molecule has 0 saturated carbocycles. The fraction of sp³-hybridized carbons (Fsp3) is 0.333. The standard InChI is InChI=1S/C21H26N2O2S/c1-6-25-20(24)17-9-8-14(3)19(12-17)23-21(26)22-16(5)18-10-7-13(2)11-15(18)4/h7-12,16H,6H2,1-5H3,(H2,22,23,26)/t16-/m0/s1. The molecule has 4 nitrogen and oxygen atoms in total. The van der Waals surface area contributed by atoms with Crippen molar-refractivity contribution in [1.29, 1.82) is 0 Å². The van der Waals surface area contributed by atoms with Crippen molar-refractivity contribution in [2.24, 2.45) is 0 Å². The maximum Gasteiger partial charge on any atom is 0.338 e. The van der Waals surface area contributed by atoms with Crippen LogP contribution in [0, 0.1) is 20.8 Å². The first-order valence-corrected chi connectivity index (χ1v) is 9.15. The average Bonchev–Trinajstić information content (AvgIpc) is 2.56. The number of hydrogen-bond donors (Lipinski definition) is 2. The van der Waals surface area contributed by atoms with E-state index in [2.05, 4.69) is 49.6 Å². The van der Waals surface area contributed by atoms with Crippen LogP contribution >= 0.6 is 12.2 Å². The van der Waals surface area contributed by atoms with Crippen molar-refractivity contribution >= 4 is 29.0 Å². The Morgan fingerprint density at radius 3 is 2.50 bits per heavy atom. The number of rotatable bonds is 5. The zero-order chi connectivity index (χ0) is 19.3. The highest BCUT2D eigenvalue weighted by molar-refractivity contribution is 7.80. The summed E-state index contributed by atoms with van der Waals surface area (Å²) in [4.78, 5) is 11.9.